The summed E-state index contributed by atoms with van der Waals surface area (Å²) >= 11 is 0. The molecule has 0 unspecified atom stereocenters. The van der Waals surface area contributed by atoms with Crippen LogP contribution in [0.2, 0.25) is 0 Å². The molecule has 0 amide bonds. The van der Waals surface area contributed by atoms with Gasteiger partial charge in [-0.05, 0) is 49.7 Å². The van der Waals surface area contributed by atoms with Crippen molar-refractivity contribution in [3.8, 4) is 0 Å². The zero-order valence-electron chi connectivity index (χ0n) is 17.2. The maximum Gasteiger partial charge on any atom is 0.164 e. The van der Waals surface area contributed by atoms with Crippen LogP contribution >= 0.6 is 0 Å². The fourth-order valence-corrected chi connectivity index (χ4v) is 3.61. The van der Waals surface area contributed by atoms with Crippen molar-refractivity contribution in [2.24, 2.45) is 0 Å². The third-order valence-corrected chi connectivity index (χ3v) is 5.01. The molecule has 0 spiro atoms. The van der Waals surface area contributed by atoms with Gasteiger partial charge in [0.15, 0.2) is 17.1 Å². The van der Waals surface area contributed by atoms with Crippen LogP contribution in [-0.4, -0.2) is 18.2 Å². The van der Waals surface area contributed by atoms with Crippen molar-refractivity contribution < 1.29 is 0 Å². The van der Waals surface area contributed by atoms with Crippen LogP contribution in [0.4, 0.5) is 34.1 Å². The summed E-state index contributed by atoms with van der Waals surface area (Å²) < 4.78 is 0.345. The summed E-state index contributed by atoms with van der Waals surface area (Å²) in [5.41, 5.74) is 27.0. The first-order chi connectivity index (χ1) is 14.0. The van der Waals surface area contributed by atoms with Crippen LogP contribution in [0.25, 0.3) is 0 Å². The summed E-state index contributed by atoms with van der Waals surface area (Å²) in [7, 11) is 0. The van der Waals surface area contributed by atoms with Crippen LogP contribution in [0.3, 0.4) is 0 Å². The highest BCUT2D eigenvalue weighted by Crippen LogP contribution is 2.45. The maximum absolute atomic E-state index is 6.01. The van der Waals surface area contributed by atoms with Crippen molar-refractivity contribution in [1.82, 2.24) is 15.1 Å². The molecule has 0 aromatic heterocycles. The third-order valence-electron chi connectivity index (χ3n) is 5.01. The minimum Gasteiger partial charge on any atom is -0.399 e. The second-order valence-electron chi connectivity index (χ2n) is 7.03. The molecule has 0 aliphatic rings. The quantitative estimate of drug-likeness (QED) is 0.257. The molecule has 3 aromatic carbocycles. The molecule has 0 saturated heterocycles. The zero-order valence-corrected chi connectivity index (χ0v) is 17.2. The molecule has 0 saturated carbocycles. The number of nitrogens with one attached hydrogen (secondary N) is 1. The van der Waals surface area contributed by atoms with Crippen molar-refractivity contribution in [3.63, 3.8) is 0 Å². The number of nitrogen functional groups attached to an aromatic ring is 3. The summed E-state index contributed by atoms with van der Waals surface area (Å²) in [6.07, 6.45) is 1.02. The van der Waals surface area contributed by atoms with Gasteiger partial charge in [0.25, 0.3) is 0 Å². The summed E-state index contributed by atoms with van der Waals surface area (Å²) in [4.78, 5) is 0. The number of nitrogens with zero attached hydrogens (tertiary/aromatic N) is 2. The summed E-state index contributed by atoms with van der Waals surface area (Å²) in [6, 6.07) is 24.0. The highest BCUT2D eigenvalue weighted by Gasteiger charge is 2.43. The minimum atomic E-state index is 0.345. The van der Waals surface area contributed by atoms with Crippen molar-refractivity contribution >= 4 is 34.1 Å². The van der Waals surface area contributed by atoms with Crippen LogP contribution in [-0.2, 0) is 0 Å². The Labute approximate surface area is 173 Å². The first-order valence-electron chi connectivity index (χ1n) is 10.0. The predicted molar refractivity (Wildman–Crippen MR) is 124 cm³/mol. The van der Waals surface area contributed by atoms with Crippen LogP contribution in [0.5, 0.6) is 0 Å². The number of benzene rings is 3. The van der Waals surface area contributed by atoms with Gasteiger partial charge in [-0.2, -0.15) is 0 Å². The Morgan fingerprint density at radius 1 is 0.655 bits per heavy atom. The molecule has 152 valence electrons. The lowest BCUT2D eigenvalue weighted by molar-refractivity contribution is 0.0321. The Hall–Kier alpha value is -3.06. The van der Waals surface area contributed by atoms with Gasteiger partial charge in [0, 0.05) is 60.0 Å². The van der Waals surface area contributed by atoms with Gasteiger partial charge in [0.1, 0.15) is 0 Å². The average molecular weight is 392 g/mol. The van der Waals surface area contributed by atoms with Crippen molar-refractivity contribution in [3.05, 3.63) is 72.8 Å². The highest BCUT2D eigenvalue weighted by molar-refractivity contribution is 5.72. The van der Waals surface area contributed by atoms with Crippen LogP contribution in [0.15, 0.2) is 72.8 Å². The first-order valence-corrected chi connectivity index (χ1v) is 10.0. The Morgan fingerprint density at radius 2 is 1.00 bits per heavy atom. The number of rotatable bonds is 8. The van der Waals surface area contributed by atoms with Crippen molar-refractivity contribution in [2.75, 3.05) is 30.3 Å². The molecule has 0 aliphatic carbocycles. The molecule has 0 fully saturated rings. The van der Waals surface area contributed by atoms with Gasteiger partial charge < -0.3 is 17.2 Å². The molecule has 0 atom stereocenters. The van der Waals surface area contributed by atoms with Crippen molar-refractivity contribution in [1.29, 1.82) is 0 Å². The van der Waals surface area contributed by atoms with E-state index in [1.54, 1.807) is 0 Å². The Balaban J connectivity index is 2.34. The zero-order chi connectivity index (χ0) is 20.9. The van der Waals surface area contributed by atoms with Gasteiger partial charge in [-0.1, -0.05) is 12.0 Å². The molecule has 6 nitrogen and oxygen atoms in total. The van der Waals surface area contributed by atoms with E-state index in [2.05, 4.69) is 60.8 Å². The Morgan fingerprint density at radius 3 is 1.28 bits per heavy atom. The molecule has 29 heavy (non-hydrogen) atoms. The van der Waals surface area contributed by atoms with Gasteiger partial charge in [-0.3, -0.25) is 0 Å². The van der Waals surface area contributed by atoms with E-state index in [0.29, 0.717) is 4.59 Å². The molecular formula is C23H31N6+. The monoisotopic (exact) mass is 391 g/mol. The second kappa shape index (κ2) is 8.96. The molecule has 7 N–H and O–H groups in total. The van der Waals surface area contributed by atoms with Crippen LogP contribution in [0, 0.1) is 0 Å². The summed E-state index contributed by atoms with van der Waals surface area (Å²) in [5, 5.41) is 2.23. The smallest absolute Gasteiger partial charge is 0.164 e. The van der Waals surface area contributed by atoms with E-state index in [-0.39, 0.29) is 0 Å². The number of anilines is 3. The number of hydrogen-bond donors (Lipinski definition) is 4. The van der Waals surface area contributed by atoms with E-state index < -0.39 is 0 Å². The number of hydrazine groups is 1. The van der Waals surface area contributed by atoms with Crippen LogP contribution in [0.1, 0.15) is 20.3 Å². The summed E-state index contributed by atoms with van der Waals surface area (Å²) in [6.45, 7) is 5.92. The van der Waals surface area contributed by atoms with Gasteiger partial charge in [0.2, 0.25) is 0 Å². The van der Waals surface area contributed by atoms with Gasteiger partial charge in [-0.25, -0.2) is 5.43 Å². The topological polar surface area (TPSA) is 93.3 Å². The standard InChI is InChI=1S/C23H31N6/c1-3-17-27-28(4-2)29(21-11-5-18(24)6-12-21,22-13-7-19(25)8-14-22)23-15-9-20(26)10-16-23/h5-16,27H,3-4,17,24-26H2,1-2H3/q+1. The number of quaternary nitrogens is 1. The lowest BCUT2D eigenvalue weighted by Gasteiger charge is -2.44. The van der Waals surface area contributed by atoms with Gasteiger partial charge in [-0.15, -0.1) is 4.59 Å². The molecule has 0 aliphatic heterocycles. The van der Waals surface area contributed by atoms with E-state index in [0.717, 1.165) is 53.6 Å². The molecule has 0 radical (unpaired) electrons. The molecule has 0 bridgehead atoms. The first kappa shape index (κ1) is 20.7. The molecular weight excluding hydrogens is 360 g/mol. The lowest BCUT2D eigenvalue weighted by atomic mass is 10.1. The largest absolute Gasteiger partial charge is 0.399 e. The highest BCUT2D eigenvalue weighted by atomic mass is 15.9. The molecule has 3 aromatic rings. The molecule has 3 rings (SSSR count). The average Bonchev–Trinajstić information content (AvgIpc) is 2.74. The summed E-state index contributed by atoms with van der Waals surface area (Å²) in [5.74, 6) is 0. The lowest BCUT2D eigenvalue weighted by Crippen LogP contribution is -2.60. The number of nitrogens with two attached hydrogens (primary N) is 3. The van der Waals surface area contributed by atoms with Crippen LogP contribution < -0.4 is 27.2 Å². The van der Waals surface area contributed by atoms with E-state index >= 15 is 0 Å². The third kappa shape index (κ3) is 4.05. The Bertz CT molecular complexity index is 793. The normalized spacial score (nSPS) is 11.7. The minimum absolute atomic E-state index is 0.345. The van der Waals surface area contributed by atoms with E-state index in [9.17, 15) is 0 Å². The van der Waals surface area contributed by atoms with Gasteiger partial charge in [0.05, 0.1) is 6.54 Å². The fourth-order valence-electron chi connectivity index (χ4n) is 3.61. The second-order valence-corrected chi connectivity index (χ2v) is 7.03. The molecule has 6 heteroatoms. The van der Waals surface area contributed by atoms with E-state index in [1.165, 1.54) is 0 Å². The SMILES string of the molecule is CCCNN(CC)[N+](c1ccc(N)cc1)(c1ccc(N)cc1)c1ccc(N)cc1. The van der Waals surface area contributed by atoms with E-state index in [1.807, 2.05) is 36.4 Å². The number of hydrogen-bond acceptors (Lipinski definition) is 5. The van der Waals surface area contributed by atoms with Crippen molar-refractivity contribution in [2.45, 2.75) is 20.3 Å². The Kier molecular flexibility index (Phi) is 6.39. The predicted octanol–water partition coefficient (Wildman–Crippen LogP) is 4.56. The molecule has 0 heterocycles. The van der Waals surface area contributed by atoms with Gasteiger partial charge >= 0.3 is 0 Å². The van der Waals surface area contributed by atoms with E-state index in [4.69, 9.17) is 17.2 Å². The maximum atomic E-state index is 6.01. The fraction of sp³-hybridized carbons (Fsp3) is 0.217.